The standard InChI is InChI=1S/C19H25ClN2O2/c1-18(2)13-23-19(24-14-18,12-22-11-10-21-15-22)9-3-4-16-5-7-17(20)8-6-16/h5-8,10-11,15H,3-4,9,12-14H2,1-2H3. The number of ether oxygens (including phenoxy) is 2. The van der Waals surface area contributed by atoms with Gasteiger partial charge in [0.2, 0.25) is 0 Å². The quantitative estimate of drug-likeness (QED) is 0.779. The average Bonchev–Trinajstić information content (AvgIpc) is 3.05. The minimum Gasteiger partial charge on any atom is -0.348 e. The zero-order chi connectivity index (χ0) is 17.0. The molecule has 3 rings (SSSR count). The van der Waals surface area contributed by atoms with Crippen LogP contribution < -0.4 is 0 Å². The number of aromatic nitrogens is 2. The largest absolute Gasteiger partial charge is 0.348 e. The van der Waals surface area contributed by atoms with Gasteiger partial charge >= 0.3 is 0 Å². The lowest BCUT2D eigenvalue weighted by atomic mass is 9.93. The summed E-state index contributed by atoms with van der Waals surface area (Å²) in [5, 5.41) is 0.775. The molecule has 2 aromatic rings. The van der Waals surface area contributed by atoms with E-state index in [-0.39, 0.29) is 5.41 Å². The molecule has 1 fully saturated rings. The number of imidazole rings is 1. The van der Waals surface area contributed by atoms with E-state index in [0.29, 0.717) is 19.8 Å². The Morgan fingerprint density at radius 3 is 2.50 bits per heavy atom. The number of benzene rings is 1. The third kappa shape index (κ3) is 4.59. The number of hydrogen-bond donors (Lipinski definition) is 0. The highest BCUT2D eigenvalue weighted by atomic mass is 35.5. The number of rotatable bonds is 6. The van der Waals surface area contributed by atoms with Crippen LogP contribution in [0.1, 0.15) is 32.3 Å². The number of aryl methyl sites for hydroxylation is 1. The lowest BCUT2D eigenvalue weighted by Gasteiger charge is -2.43. The molecule has 2 heterocycles. The maximum Gasteiger partial charge on any atom is 0.186 e. The lowest BCUT2D eigenvalue weighted by Crippen LogP contribution is -2.50. The summed E-state index contributed by atoms with van der Waals surface area (Å²) < 4.78 is 14.5. The van der Waals surface area contributed by atoms with Crippen LogP contribution in [-0.2, 0) is 22.4 Å². The summed E-state index contributed by atoms with van der Waals surface area (Å²) in [6.07, 6.45) is 8.38. The molecule has 0 atom stereocenters. The molecule has 0 bridgehead atoms. The van der Waals surface area contributed by atoms with Gasteiger partial charge in [0.05, 0.1) is 26.1 Å². The molecule has 1 aromatic carbocycles. The molecule has 130 valence electrons. The van der Waals surface area contributed by atoms with Crippen LogP contribution in [0.15, 0.2) is 43.0 Å². The molecular formula is C19H25ClN2O2. The van der Waals surface area contributed by atoms with Crippen molar-refractivity contribution in [3.63, 3.8) is 0 Å². The smallest absolute Gasteiger partial charge is 0.186 e. The molecule has 24 heavy (non-hydrogen) atoms. The zero-order valence-electron chi connectivity index (χ0n) is 14.4. The molecule has 1 aliphatic heterocycles. The summed E-state index contributed by atoms with van der Waals surface area (Å²) in [5.74, 6) is -0.567. The SMILES string of the molecule is CC1(C)COC(CCCc2ccc(Cl)cc2)(Cn2ccnc2)OC1. The maximum absolute atomic E-state index is 6.22. The van der Waals surface area contributed by atoms with Gasteiger partial charge in [-0.25, -0.2) is 4.98 Å². The van der Waals surface area contributed by atoms with Crippen molar-refractivity contribution in [2.24, 2.45) is 5.41 Å². The number of halogens is 1. The van der Waals surface area contributed by atoms with E-state index in [4.69, 9.17) is 21.1 Å². The Morgan fingerprint density at radius 1 is 1.17 bits per heavy atom. The molecular weight excluding hydrogens is 324 g/mol. The highest BCUT2D eigenvalue weighted by molar-refractivity contribution is 6.30. The topological polar surface area (TPSA) is 36.3 Å². The van der Waals surface area contributed by atoms with Gasteiger partial charge in [-0.15, -0.1) is 0 Å². The summed E-state index contributed by atoms with van der Waals surface area (Å²) in [4.78, 5) is 4.12. The van der Waals surface area contributed by atoms with Crippen molar-refractivity contribution in [2.45, 2.75) is 45.4 Å². The summed E-state index contributed by atoms with van der Waals surface area (Å²) in [6, 6.07) is 8.04. The molecule has 0 spiro atoms. The molecule has 5 heteroatoms. The van der Waals surface area contributed by atoms with Gasteiger partial charge in [0, 0.05) is 29.3 Å². The number of hydrogen-bond acceptors (Lipinski definition) is 3. The van der Waals surface area contributed by atoms with Crippen LogP contribution in [0.25, 0.3) is 0 Å². The van der Waals surface area contributed by atoms with Gasteiger partial charge in [0.25, 0.3) is 0 Å². The molecule has 1 saturated heterocycles. The third-order valence-electron chi connectivity index (χ3n) is 4.37. The van der Waals surface area contributed by atoms with E-state index in [9.17, 15) is 0 Å². The minimum atomic E-state index is -0.567. The molecule has 0 unspecified atom stereocenters. The maximum atomic E-state index is 6.22. The minimum absolute atomic E-state index is 0.0641. The molecule has 0 aliphatic carbocycles. The summed E-state index contributed by atoms with van der Waals surface area (Å²) in [7, 11) is 0. The molecule has 1 aromatic heterocycles. The lowest BCUT2D eigenvalue weighted by molar-refractivity contribution is -0.307. The van der Waals surface area contributed by atoms with Crippen LogP contribution in [0.5, 0.6) is 0 Å². The Bertz CT molecular complexity index is 628. The van der Waals surface area contributed by atoms with Crippen molar-refractivity contribution in [2.75, 3.05) is 13.2 Å². The van der Waals surface area contributed by atoms with Crippen LogP contribution in [0.2, 0.25) is 5.02 Å². The van der Waals surface area contributed by atoms with Gasteiger partial charge in [0.15, 0.2) is 5.79 Å². The van der Waals surface area contributed by atoms with E-state index in [1.54, 1.807) is 6.20 Å². The Kier molecular flexibility index (Phi) is 5.28. The van der Waals surface area contributed by atoms with Crippen LogP contribution in [-0.4, -0.2) is 28.6 Å². The first-order chi connectivity index (χ1) is 11.5. The van der Waals surface area contributed by atoms with Gasteiger partial charge < -0.3 is 14.0 Å². The van der Waals surface area contributed by atoms with E-state index < -0.39 is 5.79 Å². The van der Waals surface area contributed by atoms with Crippen molar-refractivity contribution >= 4 is 11.6 Å². The van der Waals surface area contributed by atoms with Crippen molar-refractivity contribution < 1.29 is 9.47 Å². The monoisotopic (exact) mass is 348 g/mol. The van der Waals surface area contributed by atoms with Crippen molar-refractivity contribution in [3.8, 4) is 0 Å². The van der Waals surface area contributed by atoms with Gasteiger partial charge in [0.1, 0.15) is 0 Å². The summed E-state index contributed by atoms with van der Waals surface area (Å²) in [5.41, 5.74) is 1.35. The highest BCUT2D eigenvalue weighted by Crippen LogP contribution is 2.34. The second-order valence-corrected chi connectivity index (χ2v) is 7.80. The predicted octanol–water partition coefficient (Wildman–Crippen LogP) is 4.33. The van der Waals surface area contributed by atoms with Gasteiger partial charge in [-0.2, -0.15) is 0 Å². The second kappa shape index (κ2) is 7.26. The molecule has 0 radical (unpaired) electrons. The summed E-state index contributed by atoms with van der Waals surface area (Å²) in [6.45, 7) is 6.43. The third-order valence-corrected chi connectivity index (χ3v) is 4.62. The van der Waals surface area contributed by atoms with Crippen LogP contribution in [0.4, 0.5) is 0 Å². The van der Waals surface area contributed by atoms with E-state index in [1.165, 1.54) is 5.56 Å². The second-order valence-electron chi connectivity index (χ2n) is 7.37. The molecule has 0 amide bonds. The summed E-state index contributed by atoms with van der Waals surface area (Å²) >= 11 is 5.95. The van der Waals surface area contributed by atoms with Crippen LogP contribution >= 0.6 is 11.6 Å². The normalized spacial score (nSPS) is 19.3. The molecule has 1 aliphatic rings. The van der Waals surface area contributed by atoms with Crippen molar-refractivity contribution in [1.29, 1.82) is 0 Å². The average molecular weight is 349 g/mol. The van der Waals surface area contributed by atoms with Crippen LogP contribution in [0.3, 0.4) is 0 Å². The molecule has 0 N–H and O–H groups in total. The Morgan fingerprint density at radius 2 is 1.88 bits per heavy atom. The Balaban J connectivity index is 1.62. The first-order valence-corrected chi connectivity index (χ1v) is 8.82. The van der Waals surface area contributed by atoms with Crippen molar-refractivity contribution in [1.82, 2.24) is 9.55 Å². The first-order valence-electron chi connectivity index (χ1n) is 8.45. The van der Waals surface area contributed by atoms with Gasteiger partial charge in [-0.1, -0.05) is 37.6 Å². The van der Waals surface area contributed by atoms with E-state index in [0.717, 1.165) is 24.3 Å². The van der Waals surface area contributed by atoms with Crippen LogP contribution in [0, 0.1) is 5.41 Å². The molecule has 0 saturated carbocycles. The van der Waals surface area contributed by atoms with Crippen molar-refractivity contribution in [3.05, 3.63) is 53.6 Å². The van der Waals surface area contributed by atoms with E-state index in [1.807, 2.05) is 29.2 Å². The fourth-order valence-corrected chi connectivity index (χ4v) is 3.05. The van der Waals surface area contributed by atoms with Gasteiger partial charge in [-0.3, -0.25) is 0 Å². The molecule has 4 nitrogen and oxygen atoms in total. The first kappa shape index (κ1) is 17.5. The Hall–Kier alpha value is -1.36. The Labute approximate surface area is 148 Å². The highest BCUT2D eigenvalue weighted by Gasteiger charge is 2.40. The van der Waals surface area contributed by atoms with Gasteiger partial charge in [-0.05, 0) is 30.5 Å². The predicted molar refractivity (Wildman–Crippen MR) is 95.0 cm³/mol. The fraction of sp³-hybridized carbons (Fsp3) is 0.526. The fourth-order valence-electron chi connectivity index (χ4n) is 2.92. The van der Waals surface area contributed by atoms with E-state index in [2.05, 4.69) is 31.0 Å². The zero-order valence-corrected chi connectivity index (χ0v) is 15.1. The van der Waals surface area contributed by atoms with E-state index >= 15 is 0 Å². The number of nitrogens with zero attached hydrogens (tertiary/aromatic N) is 2.